The molecule has 92 valence electrons. The number of halogens is 1. The number of amides is 1. The molecule has 0 atom stereocenters. The lowest BCUT2D eigenvalue weighted by Crippen LogP contribution is -2.29. The molecule has 1 amide bonds. The monoisotopic (exact) mass is 256 g/mol. The van der Waals surface area contributed by atoms with E-state index < -0.39 is 5.24 Å². The number of hydroxylamine groups is 1. The number of aromatic nitrogens is 1. The summed E-state index contributed by atoms with van der Waals surface area (Å²) in [6, 6.07) is 3.41. The minimum Gasteiger partial charge on any atom is -0.281 e. The van der Waals surface area contributed by atoms with E-state index in [1.165, 1.54) is 13.3 Å². The molecule has 0 fully saturated rings. The normalized spacial score (nSPS) is 10.0. The molecule has 0 unspecified atom stereocenters. The molecule has 1 aromatic rings. The Labute approximate surface area is 104 Å². The van der Waals surface area contributed by atoms with Crippen LogP contribution in [0.15, 0.2) is 24.5 Å². The molecule has 0 aliphatic carbocycles. The van der Waals surface area contributed by atoms with Crippen LogP contribution in [0.4, 0.5) is 5.69 Å². The van der Waals surface area contributed by atoms with Crippen molar-refractivity contribution in [2.24, 2.45) is 0 Å². The molecule has 1 heterocycles. The molecule has 0 aromatic carbocycles. The first kappa shape index (κ1) is 13.6. The maximum Gasteiger partial charge on any atom is 0.250 e. The predicted octanol–water partition coefficient (Wildman–Crippen LogP) is 1.91. The summed E-state index contributed by atoms with van der Waals surface area (Å²) in [6.07, 6.45) is 3.91. The van der Waals surface area contributed by atoms with Crippen LogP contribution in [0.2, 0.25) is 0 Å². The van der Waals surface area contributed by atoms with E-state index in [0.29, 0.717) is 12.1 Å². The Kier molecular flexibility index (Phi) is 5.59. The third-order valence-corrected chi connectivity index (χ3v) is 2.24. The summed E-state index contributed by atoms with van der Waals surface area (Å²) < 4.78 is 0. The largest absolute Gasteiger partial charge is 0.281 e. The van der Waals surface area contributed by atoms with E-state index in [1.54, 1.807) is 18.3 Å². The molecule has 0 aliphatic rings. The number of anilines is 1. The highest BCUT2D eigenvalue weighted by Gasteiger charge is 2.15. The molecule has 0 spiro atoms. The minimum atomic E-state index is -0.442. The highest BCUT2D eigenvalue weighted by atomic mass is 35.5. The lowest BCUT2D eigenvalue weighted by atomic mass is 10.2. The summed E-state index contributed by atoms with van der Waals surface area (Å²) in [5.74, 6) is -0.238. The highest BCUT2D eigenvalue weighted by Crippen LogP contribution is 2.14. The van der Waals surface area contributed by atoms with E-state index in [4.69, 9.17) is 16.4 Å². The summed E-state index contributed by atoms with van der Waals surface area (Å²) in [5.41, 5.74) is 0.553. The summed E-state index contributed by atoms with van der Waals surface area (Å²) >= 11 is 5.19. The van der Waals surface area contributed by atoms with Crippen molar-refractivity contribution in [1.29, 1.82) is 0 Å². The third-order valence-electron chi connectivity index (χ3n) is 2.05. The molecule has 0 aliphatic heterocycles. The van der Waals surface area contributed by atoms with Crippen molar-refractivity contribution in [2.45, 2.75) is 19.3 Å². The van der Waals surface area contributed by atoms with E-state index in [0.717, 1.165) is 5.06 Å². The Balaban J connectivity index is 2.56. The van der Waals surface area contributed by atoms with Crippen LogP contribution in [-0.2, 0) is 14.4 Å². The Morgan fingerprint density at radius 2 is 2.24 bits per heavy atom. The first-order chi connectivity index (χ1) is 8.15. The Bertz CT molecular complexity index is 384. The standard InChI is InChI=1S/C11H13ClN2O3/c1-17-14(9-4-3-7-13-8-9)11(16)6-2-5-10(12)15/h3-4,7-8H,2,5-6H2,1H3. The van der Waals surface area contributed by atoms with E-state index in [2.05, 4.69) is 4.98 Å². The topological polar surface area (TPSA) is 59.5 Å². The van der Waals surface area contributed by atoms with Gasteiger partial charge in [0.05, 0.1) is 19.0 Å². The Morgan fingerprint density at radius 3 is 2.76 bits per heavy atom. The van der Waals surface area contributed by atoms with Gasteiger partial charge in [-0.3, -0.25) is 19.4 Å². The van der Waals surface area contributed by atoms with Crippen LogP contribution < -0.4 is 5.06 Å². The molecule has 1 rings (SSSR count). The summed E-state index contributed by atoms with van der Waals surface area (Å²) in [7, 11) is 1.40. The van der Waals surface area contributed by atoms with Crippen LogP contribution in [0.3, 0.4) is 0 Å². The van der Waals surface area contributed by atoms with E-state index >= 15 is 0 Å². The number of hydrogen-bond donors (Lipinski definition) is 0. The zero-order chi connectivity index (χ0) is 12.7. The molecule has 0 saturated carbocycles. The maximum atomic E-state index is 11.8. The molecule has 6 heteroatoms. The SMILES string of the molecule is CON(C(=O)CCCC(=O)Cl)c1cccnc1. The predicted molar refractivity (Wildman–Crippen MR) is 63.4 cm³/mol. The van der Waals surface area contributed by atoms with Crippen molar-refractivity contribution in [2.75, 3.05) is 12.2 Å². The van der Waals surface area contributed by atoms with Crippen molar-refractivity contribution in [3.05, 3.63) is 24.5 Å². The molecular formula is C11H13ClN2O3. The van der Waals surface area contributed by atoms with Crippen molar-refractivity contribution in [3.63, 3.8) is 0 Å². The first-order valence-corrected chi connectivity index (χ1v) is 5.48. The van der Waals surface area contributed by atoms with Gasteiger partial charge in [0.25, 0.3) is 5.91 Å². The Morgan fingerprint density at radius 1 is 1.47 bits per heavy atom. The van der Waals surface area contributed by atoms with Gasteiger partial charge in [0.1, 0.15) is 0 Å². The molecule has 0 bridgehead atoms. The smallest absolute Gasteiger partial charge is 0.250 e. The van der Waals surface area contributed by atoms with Gasteiger partial charge < -0.3 is 0 Å². The van der Waals surface area contributed by atoms with Gasteiger partial charge in [-0.05, 0) is 30.2 Å². The van der Waals surface area contributed by atoms with Crippen molar-refractivity contribution in [1.82, 2.24) is 4.98 Å². The third kappa shape index (κ3) is 4.50. The number of hydrogen-bond acceptors (Lipinski definition) is 4. The molecule has 0 radical (unpaired) electrons. The average molecular weight is 257 g/mol. The van der Waals surface area contributed by atoms with Crippen molar-refractivity contribution in [3.8, 4) is 0 Å². The van der Waals surface area contributed by atoms with Gasteiger partial charge >= 0.3 is 0 Å². The first-order valence-electron chi connectivity index (χ1n) is 5.10. The average Bonchev–Trinajstić information content (AvgIpc) is 2.31. The van der Waals surface area contributed by atoms with Gasteiger partial charge in [-0.15, -0.1) is 0 Å². The van der Waals surface area contributed by atoms with Gasteiger partial charge in [0.2, 0.25) is 5.24 Å². The number of carbonyl (C=O) groups excluding carboxylic acids is 2. The van der Waals surface area contributed by atoms with Gasteiger partial charge in [0, 0.05) is 19.0 Å². The molecule has 5 nitrogen and oxygen atoms in total. The van der Waals surface area contributed by atoms with Crippen molar-refractivity contribution < 1.29 is 14.4 Å². The fraction of sp³-hybridized carbons (Fsp3) is 0.364. The molecule has 17 heavy (non-hydrogen) atoms. The van der Waals surface area contributed by atoms with E-state index in [-0.39, 0.29) is 18.7 Å². The van der Waals surface area contributed by atoms with Crippen molar-refractivity contribution >= 4 is 28.4 Å². The second-order valence-electron chi connectivity index (χ2n) is 3.29. The summed E-state index contributed by atoms with van der Waals surface area (Å²) in [4.78, 5) is 31.2. The second-order valence-corrected chi connectivity index (χ2v) is 3.71. The number of pyridine rings is 1. The fourth-order valence-electron chi connectivity index (χ4n) is 1.31. The van der Waals surface area contributed by atoms with Crippen LogP contribution in [0, 0.1) is 0 Å². The fourth-order valence-corrected chi connectivity index (χ4v) is 1.44. The van der Waals surface area contributed by atoms with E-state index in [9.17, 15) is 9.59 Å². The molecule has 1 aromatic heterocycles. The van der Waals surface area contributed by atoms with Crippen LogP contribution in [0.25, 0.3) is 0 Å². The quantitative estimate of drug-likeness (QED) is 0.576. The number of nitrogens with zero attached hydrogens (tertiary/aromatic N) is 2. The van der Waals surface area contributed by atoms with E-state index in [1.807, 2.05) is 0 Å². The minimum absolute atomic E-state index is 0.178. The van der Waals surface area contributed by atoms with Gasteiger partial charge in [-0.2, -0.15) is 5.06 Å². The molecule has 0 N–H and O–H groups in total. The zero-order valence-electron chi connectivity index (χ0n) is 9.43. The zero-order valence-corrected chi connectivity index (χ0v) is 10.2. The van der Waals surface area contributed by atoms with Gasteiger partial charge in [0.15, 0.2) is 0 Å². The van der Waals surface area contributed by atoms with Crippen LogP contribution >= 0.6 is 11.6 Å². The second kappa shape index (κ2) is 6.98. The van der Waals surface area contributed by atoms with Crippen LogP contribution in [0.1, 0.15) is 19.3 Å². The lowest BCUT2D eigenvalue weighted by Gasteiger charge is -2.18. The van der Waals surface area contributed by atoms with Gasteiger partial charge in [-0.25, -0.2) is 0 Å². The van der Waals surface area contributed by atoms with Gasteiger partial charge in [-0.1, -0.05) is 0 Å². The van der Waals surface area contributed by atoms with Crippen LogP contribution in [0.5, 0.6) is 0 Å². The summed E-state index contributed by atoms with van der Waals surface area (Å²) in [6.45, 7) is 0. The molecular weight excluding hydrogens is 244 g/mol. The van der Waals surface area contributed by atoms with Crippen LogP contribution in [-0.4, -0.2) is 23.2 Å². The summed E-state index contributed by atoms with van der Waals surface area (Å²) in [5, 5.41) is 0.703. The number of rotatable bonds is 6. The Hall–Kier alpha value is -1.46. The highest BCUT2D eigenvalue weighted by molar-refractivity contribution is 6.63. The molecule has 0 saturated heterocycles. The number of carbonyl (C=O) groups is 2. The maximum absolute atomic E-state index is 11.8. The lowest BCUT2D eigenvalue weighted by molar-refractivity contribution is -0.125.